The molecule has 156 valence electrons. The van der Waals surface area contributed by atoms with Gasteiger partial charge < -0.3 is 37.2 Å². The zero-order valence-electron chi connectivity index (χ0n) is 17.1. The molecule has 0 bridgehead atoms. The van der Waals surface area contributed by atoms with Crippen LogP contribution in [0, 0.1) is 5.92 Å². The van der Waals surface area contributed by atoms with Gasteiger partial charge in [0.25, 0.3) is 0 Å². The van der Waals surface area contributed by atoms with Gasteiger partial charge in [0.05, 0.1) is 0 Å². The quantitative estimate of drug-likeness (QED) is 0.137. The van der Waals surface area contributed by atoms with E-state index in [2.05, 4.69) is 116 Å². The molecule has 0 fully saturated rings. The predicted octanol–water partition coefficient (Wildman–Crippen LogP) is -2.03. The Morgan fingerprint density at radius 1 is 0.667 bits per heavy atom. The van der Waals surface area contributed by atoms with Crippen LogP contribution in [0.2, 0.25) is 0 Å². The van der Waals surface area contributed by atoms with Crippen molar-refractivity contribution in [1.29, 1.82) is 0 Å². The van der Waals surface area contributed by atoms with Gasteiger partial charge in [0.1, 0.15) is 0 Å². The third kappa shape index (κ3) is 9.63. The van der Waals surface area contributed by atoms with Gasteiger partial charge >= 0.3 is 25.8 Å². The first-order chi connectivity index (χ1) is 12.7. The van der Waals surface area contributed by atoms with Crippen LogP contribution >= 0.6 is 7.92 Å². The molecule has 4 rings (SSSR count). The van der Waals surface area contributed by atoms with Gasteiger partial charge in [-0.15, -0.1) is 78.9 Å². The van der Waals surface area contributed by atoms with Gasteiger partial charge in [-0.25, -0.2) is 0 Å². The molecule has 0 atom stereocenters. The monoisotopic (exact) mass is 641 g/mol. The van der Waals surface area contributed by atoms with Crippen LogP contribution in [0.4, 0.5) is 0 Å². The summed E-state index contributed by atoms with van der Waals surface area (Å²) in [6.07, 6.45) is 1.18. The van der Waals surface area contributed by atoms with E-state index in [4.69, 9.17) is 0 Å². The fourth-order valence-corrected chi connectivity index (χ4v) is 4.01. The molecule has 4 aromatic rings. The Labute approximate surface area is 220 Å². The van der Waals surface area contributed by atoms with Crippen molar-refractivity contribution < 1.29 is 63.1 Å². The molecule has 0 radical (unpaired) electrons. The molecule has 0 amide bonds. The Balaban J connectivity index is 0. The van der Waals surface area contributed by atoms with Crippen LogP contribution in [0.3, 0.4) is 0 Å². The minimum absolute atomic E-state index is 0. The molecule has 0 unspecified atom stereocenters. The Hall–Kier alpha value is -0.690. The molecular formula is C25H25Cl3HfP-. The van der Waals surface area contributed by atoms with E-state index < -0.39 is 0 Å². The Bertz CT molecular complexity index is 842. The summed E-state index contributed by atoms with van der Waals surface area (Å²) in [5.74, 6) is 1.47. The predicted molar refractivity (Wildman–Crippen MR) is 118 cm³/mol. The van der Waals surface area contributed by atoms with Crippen molar-refractivity contribution in [2.45, 2.75) is 0 Å². The van der Waals surface area contributed by atoms with Gasteiger partial charge in [-0.2, -0.15) is 17.5 Å². The summed E-state index contributed by atoms with van der Waals surface area (Å²) in [4.78, 5) is 0. The molecule has 0 aromatic heterocycles. The zero-order chi connectivity index (χ0) is 18.2. The third-order valence-electron chi connectivity index (χ3n) is 4.27. The zero-order valence-corrected chi connectivity index (χ0v) is 23.9. The van der Waals surface area contributed by atoms with E-state index in [9.17, 15) is 0 Å². The molecule has 4 aromatic carbocycles. The van der Waals surface area contributed by atoms with Crippen LogP contribution in [0.1, 0.15) is 11.1 Å². The molecular weight excluding hydrogens is 616 g/mol. The molecule has 0 nitrogen and oxygen atoms in total. The van der Waals surface area contributed by atoms with E-state index in [1.165, 1.54) is 34.0 Å². The van der Waals surface area contributed by atoms with Crippen molar-refractivity contribution in [3.8, 4) is 0 Å². The van der Waals surface area contributed by atoms with Gasteiger partial charge in [-0.05, 0) is 19.5 Å². The summed E-state index contributed by atoms with van der Waals surface area (Å²) >= 11 is 0. The average molecular weight is 641 g/mol. The minimum atomic E-state index is 0. The minimum Gasteiger partial charge on any atom is -1.00 e. The van der Waals surface area contributed by atoms with Gasteiger partial charge in [0, 0.05) is 0 Å². The van der Waals surface area contributed by atoms with Crippen molar-refractivity contribution in [3.05, 3.63) is 120 Å². The van der Waals surface area contributed by atoms with E-state index in [0.29, 0.717) is 0 Å². The van der Waals surface area contributed by atoms with Crippen LogP contribution in [0.15, 0.2) is 103 Å². The Morgan fingerprint density at radius 3 is 1.60 bits per heavy atom. The normalized spacial score (nSPS) is 9.03. The van der Waals surface area contributed by atoms with Crippen molar-refractivity contribution in [2.75, 3.05) is 19.5 Å². The van der Waals surface area contributed by atoms with Crippen LogP contribution < -0.4 is 37.2 Å². The second kappa shape index (κ2) is 16.9. The summed E-state index contributed by atoms with van der Waals surface area (Å²) in [5, 5.41) is 2.66. The standard InChI is InChI=1S/C16H18P.C9H7.3ClH.Hf/c1-17(2)13-16(14-9-5-3-6-10-14)15-11-7-4-8-12-15;1-2-5-9-7-3-6-8(9)4-1;;;;/h3-12H,13H2,1-2H3;1-7H;3*1H;/q2*-1;;;;+4/p-3. The summed E-state index contributed by atoms with van der Waals surface area (Å²) in [5.41, 5.74) is 2.71. The first-order valence-corrected chi connectivity index (χ1v) is 11.4. The Kier molecular flexibility index (Phi) is 17.8. The molecule has 5 heteroatoms. The fourth-order valence-electron chi connectivity index (χ4n) is 3.01. The molecule has 0 N–H and O–H groups in total. The average Bonchev–Trinajstić information content (AvgIpc) is 3.17. The van der Waals surface area contributed by atoms with E-state index in [-0.39, 0.29) is 71.0 Å². The summed E-state index contributed by atoms with van der Waals surface area (Å²) in [6.45, 7) is 4.67. The SMILES string of the molecule is CP(C)C[C-](c1ccccc1)c1ccccc1.[Cl-].[Cl-].[Cl-].[Hf+4].c1ccc2[cH-]ccc2c1. The van der Waals surface area contributed by atoms with Gasteiger partial charge in [0.15, 0.2) is 0 Å². The molecule has 0 aliphatic carbocycles. The number of hydrogen-bond acceptors (Lipinski definition) is 0. The number of fused-ring (bicyclic) bond motifs is 1. The second-order valence-corrected chi connectivity index (χ2v) is 9.08. The molecule has 0 heterocycles. The van der Waals surface area contributed by atoms with Crippen LogP contribution in [-0.4, -0.2) is 19.5 Å². The molecule has 30 heavy (non-hydrogen) atoms. The first-order valence-electron chi connectivity index (χ1n) is 8.96. The number of hydrogen-bond donors (Lipinski definition) is 0. The summed E-state index contributed by atoms with van der Waals surface area (Å²) in [6, 6.07) is 36.1. The summed E-state index contributed by atoms with van der Waals surface area (Å²) in [7, 11) is 0.0759. The van der Waals surface area contributed by atoms with Crippen molar-refractivity contribution in [1.82, 2.24) is 0 Å². The van der Waals surface area contributed by atoms with E-state index in [1.807, 2.05) is 0 Å². The number of rotatable bonds is 4. The summed E-state index contributed by atoms with van der Waals surface area (Å²) < 4.78 is 0. The second-order valence-electron chi connectivity index (χ2n) is 6.60. The van der Waals surface area contributed by atoms with Crippen molar-refractivity contribution >= 4 is 18.7 Å². The van der Waals surface area contributed by atoms with Gasteiger partial charge in [0.2, 0.25) is 0 Å². The third-order valence-corrected chi connectivity index (χ3v) is 5.22. The smallest absolute Gasteiger partial charge is 1.00 e. The Morgan fingerprint density at radius 2 is 1.13 bits per heavy atom. The molecule has 0 saturated heterocycles. The van der Waals surface area contributed by atoms with Gasteiger partial charge in [-0.1, -0.05) is 42.5 Å². The maximum absolute atomic E-state index is 2.33. The molecule has 0 spiro atoms. The van der Waals surface area contributed by atoms with Crippen LogP contribution in [0.5, 0.6) is 0 Å². The number of benzene rings is 3. The fraction of sp³-hybridized carbons (Fsp3) is 0.120. The van der Waals surface area contributed by atoms with E-state index >= 15 is 0 Å². The van der Waals surface area contributed by atoms with E-state index in [0.717, 1.165) is 0 Å². The van der Waals surface area contributed by atoms with E-state index in [1.54, 1.807) is 0 Å². The maximum Gasteiger partial charge on any atom is 4.00 e. The van der Waals surface area contributed by atoms with Crippen molar-refractivity contribution in [2.24, 2.45) is 0 Å². The number of halogens is 3. The maximum atomic E-state index is 2.33. The molecule has 0 aliphatic heterocycles. The van der Waals surface area contributed by atoms with Crippen LogP contribution in [-0.2, 0) is 25.8 Å². The molecule has 0 saturated carbocycles. The van der Waals surface area contributed by atoms with Crippen molar-refractivity contribution in [3.63, 3.8) is 0 Å². The largest absolute Gasteiger partial charge is 4.00 e. The van der Waals surface area contributed by atoms with Crippen LogP contribution in [0.25, 0.3) is 10.8 Å². The topological polar surface area (TPSA) is 0 Å². The van der Waals surface area contributed by atoms with Gasteiger partial charge in [-0.3, -0.25) is 0 Å². The first kappa shape index (κ1) is 31.5. The molecule has 0 aliphatic rings.